The topological polar surface area (TPSA) is 59.0 Å². The standard InChI is InChI=1S/C26H33N7/c1-5-20-15-25(28-17-27-20)29-18(2)33-22-10-7-13-32(16-22)24-12-11-23(30-26(24)33)19-8-6-9-21(14-19)31(3)4/h6,8-9,11-12,14-15,22,27H,2,5,7,10,13,16-17H2,1,3-4H3,(H,28,29)/t22-/m1/s1. The molecule has 1 fully saturated rings. The van der Waals surface area contributed by atoms with E-state index < -0.39 is 0 Å². The van der Waals surface area contributed by atoms with Crippen LogP contribution in [-0.2, 0) is 0 Å². The van der Waals surface area contributed by atoms with Crippen LogP contribution in [0.4, 0.5) is 17.2 Å². The summed E-state index contributed by atoms with van der Waals surface area (Å²) >= 11 is 0. The van der Waals surface area contributed by atoms with Crippen LogP contribution in [0.15, 0.2) is 65.6 Å². The van der Waals surface area contributed by atoms with Crippen molar-refractivity contribution >= 4 is 23.0 Å². The lowest BCUT2D eigenvalue weighted by molar-refractivity contribution is 0.467. The molecule has 3 aliphatic rings. The molecule has 33 heavy (non-hydrogen) atoms. The van der Waals surface area contributed by atoms with E-state index in [1.165, 1.54) is 17.8 Å². The number of aromatic nitrogens is 1. The monoisotopic (exact) mass is 443 g/mol. The van der Waals surface area contributed by atoms with Crippen molar-refractivity contribution in [2.24, 2.45) is 4.99 Å². The van der Waals surface area contributed by atoms with Crippen LogP contribution in [0.5, 0.6) is 0 Å². The number of aliphatic imine (C=N–C) groups is 1. The van der Waals surface area contributed by atoms with E-state index in [0.717, 1.165) is 60.4 Å². The van der Waals surface area contributed by atoms with Gasteiger partial charge >= 0.3 is 0 Å². The van der Waals surface area contributed by atoms with E-state index in [1.54, 1.807) is 0 Å². The lowest BCUT2D eigenvalue weighted by atomic mass is 9.99. The van der Waals surface area contributed by atoms with Gasteiger partial charge in [-0.25, -0.2) is 9.98 Å². The normalized spacial score (nSPS) is 19.2. The van der Waals surface area contributed by atoms with E-state index in [1.807, 2.05) is 0 Å². The number of hydrogen-bond acceptors (Lipinski definition) is 7. The number of hydrogen-bond donors (Lipinski definition) is 2. The molecule has 2 N–H and O–H groups in total. The number of pyridine rings is 1. The maximum atomic E-state index is 5.19. The predicted molar refractivity (Wildman–Crippen MR) is 138 cm³/mol. The maximum absolute atomic E-state index is 5.19. The van der Waals surface area contributed by atoms with Crippen molar-refractivity contribution in [2.75, 3.05) is 48.6 Å². The third-order valence-electron chi connectivity index (χ3n) is 6.65. The van der Waals surface area contributed by atoms with Gasteiger partial charge in [0.2, 0.25) is 0 Å². The summed E-state index contributed by atoms with van der Waals surface area (Å²) in [6.07, 6.45) is 5.32. The number of benzene rings is 1. The Bertz CT molecular complexity index is 1120. The number of allylic oxidation sites excluding steroid dienone is 1. The van der Waals surface area contributed by atoms with Gasteiger partial charge in [0, 0.05) is 44.1 Å². The third kappa shape index (κ3) is 4.15. The molecule has 0 unspecified atom stereocenters. The van der Waals surface area contributed by atoms with E-state index >= 15 is 0 Å². The second-order valence-electron chi connectivity index (χ2n) is 9.07. The molecule has 0 aliphatic carbocycles. The zero-order valence-corrected chi connectivity index (χ0v) is 19.8. The summed E-state index contributed by atoms with van der Waals surface area (Å²) in [7, 11) is 4.13. The Hall–Kier alpha value is -3.48. The van der Waals surface area contributed by atoms with Crippen LogP contribution < -0.4 is 25.3 Å². The number of anilines is 3. The molecule has 5 rings (SSSR count). The first-order valence-corrected chi connectivity index (χ1v) is 11.8. The van der Waals surface area contributed by atoms with E-state index in [2.05, 4.69) is 100 Å². The summed E-state index contributed by atoms with van der Waals surface area (Å²) < 4.78 is 0. The Morgan fingerprint density at radius 3 is 2.97 bits per heavy atom. The number of amidine groups is 1. The van der Waals surface area contributed by atoms with Crippen LogP contribution in [0.2, 0.25) is 0 Å². The molecule has 1 aromatic heterocycles. The van der Waals surface area contributed by atoms with E-state index in [9.17, 15) is 0 Å². The first-order chi connectivity index (χ1) is 16.0. The molecular weight excluding hydrogens is 410 g/mol. The van der Waals surface area contributed by atoms with Gasteiger partial charge in [0.25, 0.3) is 0 Å². The van der Waals surface area contributed by atoms with Gasteiger partial charge in [-0.15, -0.1) is 0 Å². The van der Waals surface area contributed by atoms with Crippen molar-refractivity contribution in [3.05, 3.63) is 60.6 Å². The predicted octanol–water partition coefficient (Wildman–Crippen LogP) is 3.92. The van der Waals surface area contributed by atoms with Crippen LogP contribution in [0.25, 0.3) is 11.3 Å². The van der Waals surface area contributed by atoms with Gasteiger partial charge in [0.15, 0.2) is 5.82 Å². The Morgan fingerprint density at radius 1 is 1.27 bits per heavy atom. The number of fused-ring (bicyclic) bond motifs is 4. The highest BCUT2D eigenvalue weighted by Gasteiger charge is 2.36. The molecule has 172 valence electrons. The average Bonchev–Trinajstić information content (AvgIpc) is 2.84. The van der Waals surface area contributed by atoms with Crippen molar-refractivity contribution in [2.45, 2.75) is 32.2 Å². The SMILES string of the molecule is C=C(NC1=NCNC(CC)=C1)N1c2nc(-c3cccc(N(C)C)c3)ccc2N2CCC[C@@H]1C2. The second-order valence-corrected chi connectivity index (χ2v) is 9.07. The molecule has 0 radical (unpaired) electrons. The van der Waals surface area contributed by atoms with Crippen LogP contribution in [0.3, 0.4) is 0 Å². The molecule has 7 heteroatoms. The molecule has 2 aromatic rings. The van der Waals surface area contributed by atoms with Gasteiger partial charge in [-0.05, 0) is 49.6 Å². The Labute approximate surface area is 196 Å². The fourth-order valence-electron chi connectivity index (χ4n) is 4.87. The third-order valence-corrected chi connectivity index (χ3v) is 6.65. The number of nitrogens with one attached hydrogen (secondary N) is 2. The summed E-state index contributed by atoms with van der Waals surface area (Å²) in [6, 6.07) is 13.2. The lowest BCUT2D eigenvalue weighted by Gasteiger charge is -2.47. The fourth-order valence-corrected chi connectivity index (χ4v) is 4.87. The van der Waals surface area contributed by atoms with Gasteiger partial charge in [0.1, 0.15) is 18.3 Å². The molecule has 0 saturated carbocycles. The highest BCUT2D eigenvalue weighted by Crippen LogP contribution is 2.40. The molecule has 1 atom stereocenters. The largest absolute Gasteiger partial charge is 0.378 e. The quantitative estimate of drug-likeness (QED) is 0.731. The van der Waals surface area contributed by atoms with Crippen LogP contribution in [0, 0.1) is 0 Å². The molecule has 0 spiro atoms. The van der Waals surface area contributed by atoms with Crippen molar-refractivity contribution in [3.8, 4) is 11.3 Å². The number of nitrogens with zero attached hydrogens (tertiary/aromatic N) is 5. The molecular formula is C26H33N7. The van der Waals surface area contributed by atoms with Crippen molar-refractivity contribution in [3.63, 3.8) is 0 Å². The summed E-state index contributed by atoms with van der Waals surface area (Å²) in [5.41, 5.74) is 5.62. The summed E-state index contributed by atoms with van der Waals surface area (Å²) in [4.78, 5) is 16.7. The molecule has 0 amide bonds. The first kappa shape index (κ1) is 21.4. The second kappa shape index (κ2) is 8.81. The first-order valence-electron chi connectivity index (χ1n) is 11.8. The van der Waals surface area contributed by atoms with Crippen molar-refractivity contribution < 1.29 is 0 Å². The Balaban J connectivity index is 1.51. The van der Waals surface area contributed by atoms with Crippen LogP contribution >= 0.6 is 0 Å². The van der Waals surface area contributed by atoms with Gasteiger partial charge in [-0.2, -0.15) is 0 Å². The highest BCUT2D eigenvalue weighted by atomic mass is 15.4. The van der Waals surface area contributed by atoms with Gasteiger partial charge in [-0.3, -0.25) is 0 Å². The smallest absolute Gasteiger partial charge is 0.158 e. The van der Waals surface area contributed by atoms with Crippen molar-refractivity contribution in [1.29, 1.82) is 0 Å². The zero-order valence-electron chi connectivity index (χ0n) is 19.8. The minimum Gasteiger partial charge on any atom is -0.378 e. The van der Waals surface area contributed by atoms with Crippen LogP contribution in [-0.4, -0.2) is 50.7 Å². The summed E-state index contributed by atoms with van der Waals surface area (Å²) in [5.74, 6) is 2.66. The highest BCUT2D eigenvalue weighted by molar-refractivity contribution is 5.95. The molecule has 7 nitrogen and oxygen atoms in total. The van der Waals surface area contributed by atoms with Gasteiger partial charge in [-0.1, -0.05) is 25.6 Å². The van der Waals surface area contributed by atoms with E-state index in [0.29, 0.717) is 12.7 Å². The molecule has 4 heterocycles. The van der Waals surface area contributed by atoms with Crippen LogP contribution in [0.1, 0.15) is 26.2 Å². The maximum Gasteiger partial charge on any atom is 0.158 e. The minimum atomic E-state index is 0.346. The molecule has 1 saturated heterocycles. The number of rotatable bonds is 5. The zero-order chi connectivity index (χ0) is 22.9. The number of piperidine rings is 1. The van der Waals surface area contributed by atoms with E-state index in [4.69, 9.17) is 4.98 Å². The summed E-state index contributed by atoms with van der Waals surface area (Å²) in [6.45, 7) is 9.24. The molecule has 1 aromatic carbocycles. The Morgan fingerprint density at radius 2 is 2.15 bits per heavy atom. The van der Waals surface area contributed by atoms with Gasteiger partial charge in [0.05, 0.1) is 17.4 Å². The molecule has 3 aliphatic heterocycles. The fraction of sp³-hybridized carbons (Fsp3) is 0.385. The lowest BCUT2D eigenvalue weighted by Crippen LogP contribution is -2.54. The Kier molecular flexibility index (Phi) is 5.70. The van der Waals surface area contributed by atoms with E-state index in [-0.39, 0.29) is 0 Å². The van der Waals surface area contributed by atoms with Crippen molar-refractivity contribution in [1.82, 2.24) is 15.6 Å². The minimum absolute atomic E-state index is 0.346. The van der Waals surface area contributed by atoms with Gasteiger partial charge < -0.3 is 25.3 Å². The molecule has 2 bridgehead atoms. The summed E-state index contributed by atoms with van der Waals surface area (Å²) in [5, 5.41) is 6.79. The average molecular weight is 444 g/mol.